The van der Waals surface area contributed by atoms with Crippen molar-refractivity contribution in [2.45, 2.75) is 65.0 Å². The number of imide groups is 1. The SMILES string of the molecule is CCc1cccc2c(/C=C3\SC(=O)N(CCCc4ccccc4)C3=O)cn(CC(=O)N3CCCC[C@@H]3C)c12. The van der Waals surface area contributed by atoms with Gasteiger partial charge in [-0.2, -0.15) is 0 Å². The molecule has 0 unspecified atom stereocenters. The predicted octanol–water partition coefficient (Wildman–Crippen LogP) is 6.27. The number of fused-ring (bicyclic) bond motifs is 1. The zero-order chi connectivity index (χ0) is 26.6. The van der Waals surface area contributed by atoms with Gasteiger partial charge in [0.1, 0.15) is 6.54 Å². The Hall–Kier alpha value is -3.32. The second kappa shape index (κ2) is 11.6. The number of piperidine rings is 1. The van der Waals surface area contributed by atoms with Crippen LogP contribution in [0.1, 0.15) is 56.2 Å². The highest BCUT2D eigenvalue weighted by Crippen LogP contribution is 2.35. The number of amides is 3. The fraction of sp³-hybridized carbons (Fsp3) is 0.387. The third kappa shape index (κ3) is 5.44. The van der Waals surface area contributed by atoms with Gasteiger partial charge >= 0.3 is 0 Å². The zero-order valence-electron chi connectivity index (χ0n) is 22.2. The molecule has 0 bridgehead atoms. The Morgan fingerprint density at radius 2 is 1.89 bits per heavy atom. The third-order valence-electron chi connectivity index (χ3n) is 7.67. The van der Waals surface area contributed by atoms with E-state index in [9.17, 15) is 14.4 Å². The number of aryl methyl sites for hydroxylation is 2. The molecule has 2 fully saturated rings. The first kappa shape index (κ1) is 26.3. The van der Waals surface area contributed by atoms with E-state index < -0.39 is 0 Å². The van der Waals surface area contributed by atoms with Gasteiger partial charge in [0.25, 0.3) is 11.1 Å². The molecule has 2 aromatic carbocycles. The number of carbonyl (C=O) groups excluding carboxylic acids is 3. The number of aromatic nitrogens is 1. The van der Waals surface area contributed by atoms with Crippen LogP contribution in [-0.4, -0.2) is 50.6 Å². The van der Waals surface area contributed by atoms with E-state index in [0.717, 1.165) is 72.4 Å². The molecule has 2 aliphatic heterocycles. The predicted molar refractivity (Wildman–Crippen MR) is 154 cm³/mol. The van der Waals surface area contributed by atoms with Crippen molar-refractivity contribution in [3.63, 3.8) is 0 Å². The summed E-state index contributed by atoms with van der Waals surface area (Å²) >= 11 is 1.00. The molecule has 2 saturated heterocycles. The number of hydrogen-bond acceptors (Lipinski definition) is 4. The van der Waals surface area contributed by atoms with Crippen molar-refractivity contribution in [2.24, 2.45) is 0 Å². The maximum absolute atomic E-state index is 13.3. The van der Waals surface area contributed by atoms with Crippen molar-refractivity contribution in [3.05, 3.63) is 76.3 Å². The van der Waals surface area contributed by atoms with Gasteiger partial charge in [-0.3, -0.25) is 19.3 Å². The second-order valence-corrected chi connectivity index (χ2v) is 11.2. The Balaban J connectivity index is 1.38. The van der Waals surface area contributed by atoms with Crippen LogP contribution in [0.4, 0.5) is 4.79 Å². The molecule has 0 saturated carbocycles. The molecule has 5 rings (SSSR count). The largest absolute Gasteiger partial charge is 0.338 e. The minimum Gasteiger partial charge on any atom is -0.338 e. The summed E-state index contributed by atoms with van der Waals surface area (Å²) in [6.07, 6.45) is 9.45. The van der Waals surface area contributed by atoms with E-state index in [1.165, 1.54) is 16.9 Å². The number of para-hydroxylation sites is 1. The summed E-state index contributed by atoms with van der Waals surface area (Å²) in [6.45, 7) is 5.72. The fourth-order valence-corrected chi connectivity index (χ4v) is 6.47. The van der Waals surface area contributed by atoms with Crippen molar-refractivity contribution in [3.8, 4) is 0 Å². The molecule has 0 N–H and O–H groups in total. The lowest BCUT2D eigenvalue weighted by Gasteiger charge is -2.33. The molecule has 7 heteroatoms. The first-order chi connectivity index (χ1) is 18.5. The van der Waals surface area contributed by atoms with Gasteiger partial charge in [0, 0.05) is 36.3 Å². The highest BCUT2D eigenvalue weighted by molar-refractivity contribution is 8.18. The van der Waals surface area contributed by atoms with Crippen molar-refractivity contribution in [2.75, 3.05) is 13.1 Å². The quantitative estimate of drug-likeness (QED) is 0.323. The van der Waals surface area contributed by atoms with Crippen molar-refractivity contribution in [1.29, 1.82) is 0 Å². The van der Waals surface area contributed by atoms with E-state index in [-0.39, 0.29) is 29.6 Å². The summed E-state index contributed by atoms with van der Waals surface area (Å²) in [5.41, 5.74) is 4.25. The molecule has 3 aromatic rings. The second-order valence-electron chi connectivity index (χ2n) is 10.2. The molecule has 0 spiro atoms. The maximum atomic E-state index is 13.3. The number of nitrogens with zero attached hydrogens (tertiary/aromatic N) is 3. The summed E-state index contributed by atoms with van der Waals surface area (Å²) in [5, 5.41) is 0.779. The first-order valence-electron chi connectivity index (χ1n) is 13.7. The number of thioether (sulfide) groups is 1. The topological polar surface area (TPSA) is 62.6 Å². The summed E-state index contributed by atoms with van der Waals surface area (Å²) in [7, 11) is 0. The Bertz CT molecular complexity index is 1380. The zero-order valence-corrected chi connectivity index (χ0v) is 23.0. The first-order valence-corrected chi connectivity index (χ1v) is 14.5. The number of likely N-dealkylation sites (tertiary alicyclic amines) is 1. The van der Waals surface area contributed by atoms with Crippen LogP contribution < -0.4 is 0 Å². The Morgan fingerprint density at radius 3 is 2.66 bits per heavy atom. The van der Waals surface area contributed by atoms with Gasteiger partial charge in [-0.15, -0.1) is 0 Å². The van der Waals surface area contributed by atoms with Gasteiger partial charge in [-0.05, 0) is 74.4 Å². The summed E-state index contributed by atoms with van der Waals surface area (Å²) in [5.74, 6) is -0.107. The van der Waals surface area contributed by atoms with E-state index in [1.54, 1.807) is 0 Å². The number of benzene rings is 2. The molecule has 198 valence electrons. The van der Waals surface area contributed by atoms with Crippen LogP contribution >= 0.6 is 11.8 Å². The lowest BCUT2D eigenvalue weighted by atomic mass is 10.0. The highest BCUT2D eigenvalue weighted by Gasteiger charge is 2.35. The highest BCUT2D eigenvalue weighted by atomic mass is 32.2. The standard InChI is InChI=1S/C31H35N3O3S/c1-3-24-15-9-16-26-25(20-32(29(24)26)21-28(35)33-17-8-7-11-22(33)2)19-27-30(36)34(31(37)38-27)18-10-14-23-12-5-4-6-13-23/h4-6,9,12-13,15-16,19-20,22H,3,7-8,10-11,14,17-18,21H2,1-2H3/b27-19-/t22-/m0/s1. The smallest absolute Gasteiger partial charge is 0.293 e. The summed E-state index contributed by atoms with van der Waals surface area (Å²) < 4.78 is 2.04. The van der Waals surface area contributed by atoms with Gasteiger partial charge < -0.3 is 9.47 Å². The van der Waals surface area contributed by atoms with E-state index >= 15 is 0 Å². The Morgan fingerprint density at radius 1 is 1.08 bits per heavy atom. The van der Waals surface area contributed by atoms with Crippen LogP contribution in [0.2, 0.25) is 0 Å². The van der Waals surface area contributed by atoms with Gasteiger partial charge in [-0.25, -0.2) is 0 Å². The fourth-order valence-electron chi connectivity index (χ4n) is 5.62. The minimum atomic E-state index is -0.237. The van der Waals surface area contributed by atoms with Crippen LogP contribution in [0.25, 0.3) is 17.0 Å². The molecular weight excluding hydrogens is 494 g/mol. The number of carbonyl (C=O) groups is 3. The van der Waals surface area contributed by atoms with E-state index in [2.05, 4.69) is 32.0 Å². The summed E-state index contributed by atoms with van der Waals surface area (Å²) in [4.78, 5) is 43.0. The van der Waals surface area contributed by atoms with Crippen molar-refractivity contribution >= 4 is 45.8 Å². The molecular formula is C31H35N3O3S. The van der Waals surface area contributed by atoms with Crippen LogP contribution in [0.3, 0.4) is 0 Å². The molecule has 1 aromatic heterocycles. The molecule has 0 aliphatic carbocycles. The molecule has 2 aliphatic rings. The maximum Gasteiger partial charge on any atom is 0.293 e. The third-order valence-corrected chi connectivity index (χ3v) is 8.58. The Labute approximate surface area is 228 Å². The van der Waals surface area contributed by atoms with Crippen LogP contribution in [-0.2, 0) is 29.0 Å². The molecule has 38 heavy (non-hydrogen) atoms. The van der Waals surface area contributed by atoms with Crippen LogP contribution in [0.5, 0.6) is 0 Å². The number of rotatable bonds is 8. The molecule has 1 atom stereocenters. The van der Waals surface area contributed by atoms with Crippen molar-refractivity contribution in [1.82, 2.24) is 14.4 Å². The molecule has 3 amide bonds. The van der Waals surface area contributed by atoms with Gasteiger partial charge in [0.2, 0.25) is 5.91 Å². The number of hydrogen-bond donors (Lipinski definition) is 0. The van der Waals surface area contributed by atoms with E-state index in [4.69, 9.17) is 0 Å². The van der Waals surface area contributed by atoms with Crippen LogP contribution in [0.15, 0.2) is 59.6 Å². The van der Waals surface area contributed by atoms with E-state index in [1.807, 2.05) is 52.1 Å². The van der Waals surface area contributed by atoms with Gasteiger partial charge in [-0.1, -0.05) is 55.5 Å². The van der Waals surface area contributed by atoms with Crippen molar-refractivity contribution < 1.29 is 14.4 Å². The molecule has 6 nitrogen and oxygen atoms in total. The van der Waals surface area contributed by atoms with E-state index in [0.29, 0.717) is 11.4 Å². The summed E-state index contributed by atoms with van der Waals surface area (Å²) in [6, 6.07) is 16.5. The monoisotopic (exact) mass is 529 g/mol. The minimum absolute atomic E-state index is 0.130. The Kier molecular flexibility index (Phi) is 8.03. The normalized spacial score (nSPS) is 19.2. The van der Waals surface area contributed by atoms with Gasteiger partial charge in [0.15, 0.2) is 0 Å². The van der Waals surface area contributed by atoms with Crippen LogP contribution in [0, 0.1) is 0 Å². The molecule has 3 heterocycles. The van der Waals surface area contributed by atoms with Gasteiger partial charge in [0.05, 0.1) is 10.4 Å². The lowest BCUT2D eigenvalue weighted by Crippen LogP contribution is -2.43. The average Bonchev–Trinajstić information content (AvgIpc) is 3.41. The molecule has 0 radical (unpaired) electrons. The average molecular weight is 530 g/mol. The lowest BCUT2D eigenvalue weighted by molar-refractivity contribution is -0.135.